The van der Waals surface area contributed by atoms with Crippen molar-refractivity contribution in [1.82, 2.24) is 4.90 Å². The van der Waals surface area contributed by atoms with Gasteiger partial charge in [-0.1, -0.05) is 0 Å². The lowest BCUT2D eigenvalue weighted by Crippen LogP contribution is -2.55. The van der Waals surface area contributed by atoms with Gasteiger partial charge in [0.15, 0.2) is 0 Å². The van der Waals surface area contributed by atoms with Gasteiger partial charge in [0.05, 0.1) is 0 Å². The van der Waals surface area contributed by atoms with Crippen LogP contribution in [0, 0.1) is 0 Å². The standard InChI is InChI=1S/C13H24N2O2/c1-10-5-4-6-11(9-14)15(10)13(16)12-7-2-3-8-17-12/h10-12H,2-9,14H2,1H3. The van der Waals surface area contributed by atoms with Gasteiger partial charge in [-0.15, -0.1) is 0 Å². The highest BCUT2D eigenvalue weighted by molar-refractivity contribution is 5.81. The highest BCUT2D eigenvalue weighted by Gasteiger charge is 2.35. The van der Waals surface area contributed by atoms with Crippen molar-refractivity contribution in [2.75, 3.05) is 13.2 Å². The number of carbonyl (C=O) groups is 1. The number of carbonyl (C=O) groups excluding carboxylic acids is 1. The number of amides is 1. The van der Waals surface area contributed by atoms with E-state index < -0.39 is 0 Å². The molecule has 0 saturated carbocycles. The molecule has 2 saturated heterocycles. The largest absolute Gasteiger partial charge is 0.368 e. The highest BCUT2D eigenvalue weighted by Crippen LogP contribution is 2.25. The lowest BCUT2D eigenvalue weighted by Gasteiger charge is -2.42. The summed E-state index contributed by atoms with van der Waals surface area (Å²) in [6.07, 6.45) is 6.16. The third-order valence-corrected chi connectivity index (χ3v) is 4.01. The number of rotatable bonds is 2. The number of nitrogens with zero attached hydrogens (tertiary/aromatic N) is 1. The molecule has 0 aromatic heterocycles. The molecule has 17 heavy (non-hydrogen) atoms. The van der Waals surface area contributed by atoms with Crippen LogP contribution in [0.5, 0.6) is 0 Å². The van der Waals surface area contributed by atoms with Crippen LogP contribution in [-0.4, -0.2) is 42.1 Å². The minimum Gasteiger partial charge on any atom is -0.368 e. The number of hydrogen-bond acceptors (Lipinski definition) is 3. The van der Waals surface area contributed by atoms with Gasteiger partial charge in [0.25, 0.3) is 5.91 Å². The first kappa shape index (κ1) is 12.8. The van der Waals surface area contributed by atoms with Crippen molar-refractivity contribution < 1.29 is 9.53 Å². The predicted molar refractivity (Wildman–Crippen MR) is 66.6 cm³/mol. The van der Waals surface area contributed by atoms with Gasteiger partial charge < -0.3 is 15.4 Å². The second kappa shape index (κ2) is 5.83. The maximum absolute atomic E-state index is 12.5. The summed E-state index contributed by atoms with van der Waals surface area (Å²) >= 11 is 0. The summed E-state index contributed by atoms with van der Waals surface area (Å²) in [6, 6.07) is 0.534. The molecule has 0 spiro atoms. The van der Waals surface area contributed by atoms with E-state index in [1.807, 2.05) is 4.90 Å². The molecular formula is C13H24N2O2. The molecule has 2 heterocycles. The van der Waals surface area contributed by atoms with Crippen LogP contribution in [0.4, 0.5) is 0 Å². The molecule has 2 rings (SSSR count). The fourth-order valence-corrected chi connectivity index (χ4v) is 3.02. The van der Waals surface area contributed by atoms with Crippen LogP contribution in [-0.2, 0) is 9.53 Å². The quantitative estimate of drug-likeness (QED) is 0.791. The molecule has 4 nitrogen and oxygen atoms in total. The van der Waals surface area contributed by atoms with E-state index >= 15 is 0 Å². The van der Waals surface area contributed by atoms with Crippen molar-refractivity contribution >= 4 is 5.91 Å². The summed E-state index contributed by atoms with van der Waals surface area (Å²) < 4.78 is 5.60. The van der Waals surface area contributed by atoms with E-state index in [4.69, 9.17) is 10.5 Å². The fourth-order valence-electron chi connectivity index (χ4n) is 3.02. The van der Waals surface area contributed by atoms with Gasteiger partial charge in [-0.2, -0.15) is 0 Å². The summed E-state index contributed by atoms with van der Waals surface area (Å²) in [5, 5.41) is 0. The Morgan fingerprint density at radius 2 is 2.12 bits per heavy atom. The highest BCUT2D eigenvalue weighted by atomic mass is 16.5. The van der Waals surface area contributed by atoms with Crippen LogP contribution >= 0.6 is 0 Å². The van der Waals surface area contributed by atoms with Gasteiger partial charge in [-0.25, -0.2) is 0 Å². The summed E-state index contributed by atoms with van der Waals surface area (Å²) in [4.78, 5) is 14.5. The Kier molecular flexibility index (Phi) is 4.40. The van der Waals surface area contributed by atoms with Gasteiger partial charge in [0.2, 0.25) is 0 Å². The van der Waals surface area contributed by atoms with Gasteiger partial charge in [-0.05, 0) is 45.4 Å². The van der Waals surface area contributed by atoms with Crippen LogP contribution in [0.25, 0.3) is 0 Å². The van der Waals surface area contributed by atoms with Gasteiger partial charge in [-0.3, -0.25) is 4.79 Å². The molecule has 1 amide bonds. The molecule has 2 fully saturated rings. The van der Waals surface area contributed by atoms with Crippen LogP contribution in [0.2, 0.25) is 0 Å². The summed E-state index contributed by atoms with van der Waals surface area (Å²) in [5.41, 5.74) is 5.79. The lowest BCUT2D eigenvalue weighted by atomic mass is 9.95. The van der Waals surface area contributed by atoms with E-state index in [1.165, 1.54) is 6.42 Å². The zero-order chi connectivity index (χ0) is 12.3. The number of nitrogens with two attached hydrogens (primary N) is 1. The topological polar surface area (TPSA) is 55.6 Å². The number of ether oxygens (including phenoxy) is 1. The molecule has 98 valence electrons. The van der Waals surface area contributed by atoms with Crippen molar-refractivity contribution in [2.45, 2.75) is 63.6 Å². The first-order valence-electron chi connectivity index (χ1n) is 6.88. The lowest BCUT2D eigenvalue weighted by molar-refractivity contribution is -0.153. The van der Waals surface area contributed by atoms with E-state index in [0.717, 1.165) is 38.7 Å². The van der Waals surface area contributed by atoms with Crippen molar-refractivity contribution in [3.8, 4) is 0 Å². The van der Waals surface area contributed by atoms with E-state index in [1.54, 1.807) is 0 Å². The fraction of sp³-hybridized carbons (Fsp3) is 0.923. The van der Waals surface area contributed by atoms with Gasteiger partial charge >= 0.3 is 0 Å². The minimum atomic E-state index is -0.210. The molecule has 0 radical (unpaired) electrons. The zero-order valence-electron chi connectivity index (χ0n) is 10.7. The Hall–Kier alpha value is -0.610. The third kappa shape index (κ3) is 2.80. The van der Waals surface area contributed by atoms with E-state index in [2.05, 4.69) is 6.92 Å². The zero-order valence-corrected chi connectivity index (χ0v) is 10.7. The Morgan fingerprint density at radius 1 is 1.29 bits per heavy atom. The van der Waals surface area contributed by atoms with Gasteiger partial charge in [0.1, 0.15) is 6.10 Å². The van der Waals surface area contributed by atoms with E-state index in [-0.39, 0.29) is 18.1 Å². The van der Waals surface area contributed by atoms with Crippen molar-refractivity contribution in [3.05, 3.63) is 0 Å². The molecule has 2 N–H and O–H groups in total. The smallest absolute Gasteiger partial charge is 0.252 e. The average Bonchev–Trinajstić information content (AvgIpc) is 2.38. The minimum absolute atomic E-state index is 0.173. The number of piperidine rings is 1. The van der Waals surface area contributed by atoms with Crippen LogP contribution in [0.3, 0.4) is 0 Å². The SMILES string of the molecule is CC1CCCC(CN)N1C(=O)C1CCCCO1. The molecule has 0 aromatic carbocycles. The molecular weight excluding hydrogens is 216 g/mol. The second-order valence-corrected chi connectivity index (χ2v) is 5.27. The van der Waals surface area contributed by atoms with Crippen LogP contribution < -0.4 is 5.73 Å². The number of likely N-dealkylation sites (tertiary alicyclic amines) is 1. The maximum Gasteiger partial charge on any atom is 0.252 e. The molecule has 0 bridgehead atoms. The Bertz CT molecular complexity index is 264. The molecule has 0 aliphatic carbocycles. The predicted octanol–water partition coefficient (Wildman–Crippen LogP) is 1.28. The molecule has 4 heteroatoms. The molecule has 3 atom stereocenters. The van der Waals surface area contributed by atoms with Crippen LogP contribution in [0.15, 0.2) is 0 Å². The maximum atomic E-state index is 12.5. The first-order valence-corrected chi connectivity index (χ1v) is 6.88. The van der Waals surface area contributed by atoms with E-state index in [9.17, 15) is 4.79 Å². The monoisotopic (exact) mass is 240 g/mol. The Morgan fingerprint density at radius 3 is 2.76 bits per heavy atom. The summed E-state index contributed by atoms with van der Waals surface area (Å²) in [7, 11) is 0. The molecule has 3 unspecified atom stereocenters. The second-order valence-electron chi connectivity index (χ2n) is 5.27. The van der Waals surface area contributed by atoms with E-state index in [0.29, 0.717) is 12.6 Å². The third-order valence-electron chi connectivity index (χ3n) is 4.01. The van der Waals surface area contributed by atoms with Crippen molar-refractivity contribution in [3.63, 3.8) is 0 Å². The van der Waals surface area contributed by atoms with Crippen molar-refractivity contribution in [2.24, 2.45) is 5.73 Å². The van der Waals surface area contributed by atoms with Crippen LogP contribution in [0.1, 0.15) is 45.4 Å². The molecule has 2 aliphatic rings. The normalized spacial score (nSPS) is 34.7. The van der Waals surface area contributed by atoms with Gasteiger partial charge in [0, 0.05) is 25.2 Å². The Balaban J connectivity index is 2.03. The summed E-state index contributed by atoms with van der Waals surface area (Å²) in [5.74, 6) is 0.173. The molecule has 0 aromatic rings. The Labute approximate surface area is 103 Å². The summed E-state index contributed by atoms with van der Waals surface area (Å²) in [6.45, 7) is 3.43. The number of hydrogen-bond donors (Lipinski definition) is 1. The van der Waals surface area contributed by atoms with Crippen molar-refractivity contribution in [1.29, 1.82) is 0 Å². The first-order chi connectivity index (χ1) is 8.24. The molecule has 2 aliphatic heterocycles. The average molecular weight is 240 g/mol.